The van der Waals surface area contributed by atoms with Crippen molar-refractivity contribution in [2.75, 3.05) is 33.1 Å². The molecule has 0 radical (unpaired) electrons. The van der Waals surface area contributed by atoms with Gasteiger partial charge in [-0.05, 0) is 32.9 Å². The number of hydrogen-bond donors (Lipinski definition) is 0. The molecule has 3 nitrogen and oxygen atoms in total. The standard InChI is InChI=1S/C11H21ClN2O/c1-13-8-4-5-10(13)9-14(2)11(15)6-3-7-12/h10H,3-9H2,1-2H3. The van der Waals surface area contributed by atoms with Gasteiger partial charge in [-0.2, -0.15) is 0 Å². The Morgan fingerprint density at radius 3 is 2.87 bits per heavy atom. The SMILES string of the molecule is CN(CC1CCCN1C)C(=O)CCCCl. The molecule has 1 amide bonds. The van der Waals surface area contributed by atoms with Crippen LogP contribution in [0.15, 0.2) is 0 Å². The highest BCUT2D eigenvalue weighted by atomic mass is 35.5. The molecule has 0 aromatic rings. The summed E-state index contributed by atoms with van der Waals surface area (Å²) in [7, 11) is 4.03. The second-order valence-electron chi connectivity index (χ2n) is 4.34. The highest BCUT2D eigenvalue weighted by Crippen LogP contribution is 2.15. The Morgan fingerprint density at radius 1 is 1.60 bits per heavy atom. The van der Waals surface area contributed by atoms with Crippen LogP contribution in [0, 0.1) is 0 Å². The van der Waals surface area contributed by atoms with Crippen LogP contribution in [0.5, 0.6) is 0 Å². The summed E-state index contributed by atoms with van der Waals surface area (Å²) in [5, 5.41) is 0. The van der Waals surface area contributed by atoms with Crippen molar-refractivity contribution in [2.24, 2.45) is 0 Å². The number of rotatable bonds is 5. The van der Waals surface area contributed by atoms with Crippen LogP contribution in [0.3, 0.4) is 0 Å². The predicted molar refractivity (Wildman–Crippen MR) is 63.2 cm³/mol. The first-order valence-corrected chi connectivity index (χ1v) is 6.18. The summed E-state index contributed by atoms with van der Waals surface area (Å²) in [6.07, 6.45) is 3.83. The van der Waals surface area contributed by atoms with Crippen LogP contribution in [0.4, 0.5) is 0 Å². The molecule has 1 unspecified atom stereocenters. The van der Waals surface area contributed by atoms with Crippen LogP contribution in [0.1, 0.15) is 25.7 Å². The molecule has 88 valence electrons. The van der Waals surface area contributed by atoms with Gasteiger partial charge in [0.2, 0.25) is 5.91 Å². The van der Waals surface area contributed by atoms with Gasteiger partial charge in [0.05, 0.1) is 0 Å². The average Bonchev–Trinajstić information content (AvgIpc) is 2.61. The minimum Gasteiger partial charge on any atom is -0.344 e. The summed E-state index contributed by atoms with van der Waals surface area (Å²) in [6.45, 7) is 2.02. The van der Waals surface area contributed by atoms with E-state index in [4.69, 9.17) is 11.6 Å². The summed E-state index contributed by atoms with van der Waals surface area (Å²) in [6, 6.07) is 0.551. The van der Waals surface area contributed by atoms with Crippen molar-refractivity contribution < 1.29 is 4.79 Å². The summed E-state index contributed by atoms with van der Waals surface area (Å²) in [4.78, 5) is 15.8. The molecule has 1 rings (SSSR count). The van der Waals surface area contributed by atoms with E-state index in [1.165, 1.54) is 12.8 Å². The van der Waals surface area contributed by atoms with Gasteiger partial charge in [-0.3, -0.25) is 4.79 Å². The normalized spacial score (nSPS) is 21.9. The van der Waals surface area contributed by atoms with Crippen LogP contribution in [0.25, 0.3) is 0 Å². The van der Waals surface area contributed by atoms with E-state index in [1.54, 1.807) is 0 Å². The fraction of sp³-hybridized carbons (Fsp3) is 0.909. The smallest absolute Gasteiger partial charge is 0.222 e. The monoisotopic (exact) mass is 232 g/mol. The van der Waals surface area contributed by atoms with Crippen LogP contribution in [-0.2, 0) is 4.79 Å². The highest BCUT2D eigenvalue weighted by Gasteiger charge is 2.23. The van der Waals surface area contributed by atoms with Crippen LogP contribution < -0.4 is 0 Å². The van der Waals surface area contributed by atoms with Crippen molar-refractivity contribution >= 4 is 17.5 Å². The van der Waals surface area contributed by atoms with E-state index in [9.17, 15) is 4.79 Å². The highest BCUT2D eigenvalue weighted by molar-refractivity contribution is 6.17. The van der Waals surface area contributed by atoms with Crippen molar-refractivity contribution in [1.82, 2.24) is 9.80 Å². The van der Waals surface area contributed by atoms with Crippen molar-refractivity contribution in [3.8, 4) is 0 Å². The second kappa shape index (κ2) is 6.33. The number of nitrogens with zero attached hydrogens (tertiary/aromatic N) is 2. The third kappa shape index (κ3) is 3.99. The molecule has 1 aliphatic heterocycles. The van der Waals surface area contributed by atoms with Gasteiger partial charge in [-0.1, -0.05) is 0 Å². The Hall–Kier alpha value is -0.280. The molecule has 0 bridgehead atoms. The Bertz CT molecular complexity index is 211. The zero-order valence-electron chi connectivity index (χ0n) is 9.71. The van der Waals surface area contributed by atoms with Crippen LogP contribution in [0.2, 0.25) is 0 Å². The maximum atomic E-state index is 11.6. The maximum absolute atomic E-state index is 11.6. The molecule has 1 heterocycles. The van der Waals surface area contributed by atoms with Crippen LogP contribution in [-0.4, -0.2) is 54.8 Å². The van der Waals surface area contributed by atoms with Gasteiger partial charge in [0.1, 0.15) is 0 Å². The first-order chi connectivity index (χ1) is 7.15. The third-order valence-corrected chi connectivity index (χ3v) is 3.37. The predicted octanol–water partition coefficient (Wildman–Crippen LogP) is 1.56. The number of likely N-dealkylation sites (tertiary alicyclic amines) is 1. The summed E-state index contributed by atoms with van der Waals surface area (Å²) in [5.74, 6) is 0.791. The van der Waals surface area contributed by atoms with E-state index >= 15 is 0 Å². The number of alkyl halides is 1. The lowest BCUT2D eigenvalue weighted by molar-refractivity contribution is -0.130. The zero-order chi connectivity index (χ0) is 11.3. The minimum absolute atomic E-state index is 0.218. The van der Waals surface area contributed by atoms with E-state index in [-0.39, 0.29) is 5.91 Å². The average molecular weight is 233 g/mol. The molecule has 0 N–H and O–H groups in total. The number of amides is 1. The van der Waals surface area contributed by atoms with Gasteiger partial charge in [0.25, 0.3) is 0 Å². The number of hydrogen-bond acceptors (Lipinski definition) is 2. The topological polar surface area (TPSA) is 23.6 Å². The number of halogens is 1. The van der Waals surface area contributed by atoms with Gasteiger partial charge in [0, 0.05) is 31.9 Å². The number of carbonyl (C=O) groups excluding carboxylic acids is 1. The van der Waals surface area contributed by atoms with Gasteiger partial charge in [-0.25, -0.2) is 0 Å². The van der Waals surface area contributed by atoms with Gasteiger partial charge in [0.15, 0.2) is 0 Å². The quantitative estimate of drug-likeness (QED) is 0.672. The molecular weight excluding hydrogens is 212 g/mol. The van der Waals surface area contributed by atoms with E-state index in [2.05, 4.69) is 11.9 Å². The van der Waals surface area contributed by atoms with Crippen LogP contribution >= 0.6 is 11.6 Å². The first kappa shape index (κ1) is 12.8. The largest absolute Gasteiger partial charge is 0.344 e. The van der Waals surface area contributed by atoms with E-state index in [0.29, 0.717) is 18.3 Å². The lowest BCUT2D eigenvalue weighted by atomic mass is 10.2. The number of carbonyl (C=O) groups is 1. The van der Waals surface area contributed by atoms with Gasteiger partial charge >= 0.3 is 0 Å². The Labute approximate surface area is 97.4 Å². The molecule has 0 aromatic carbocycles. The molecule has 0 aliphatic carbocycles. The Kier molecular flexibility index (Phi) is 5.40. The lowest BCUT2D eigenvalue weighted by Gasteiger charge is -2.25. The summed E-state index contributed by atoms with van der Waals surface area (Å²) in [5.41, 5.74) is 0. The van der Waals surface area contributed by atoms with E-state index in [0.717, 1.165) is 19.5 Å². The molecule has 4 heteroatoms. The van der Waals surface area contributed by atoms with Crippen molar-refractivity contribution in [3.05, 3.63) is 0 Å². The number of likely N-dealkylation sites (N-methyl/N-ethyl adjacent to an activating group) is 2. The fourth-order valence-electron chi connectivity index (χ4n) is 2.04. The molecule has 1 fully saturated rings. The first-order valence-electron chi connectivity index (χ1n) is 5.65. The van der Waals surface area contributed by atoms with Crippen molar-refractivity contribution in [2.45, 2.75) is 31.7 Å². The minimum atomic E-state index is 0.218. The Morgan fingerprint density at radius 2 is 2.33 bits per heavy atom. The van der Waals surface area contributed by atoms with E-state index in [1.807, 2.05) is 11.9 Å². The second-order valence-corrected chi connectivity index (χ2v) is 4.72. The Balaban J connectivity index is 2.27. The lowest BCUT2D eigenvalue weighted by Crippen LogP contribution is -2.39. The van der Waals surface area contributed by atoms with Gasteiger partial charge < -0.3 is 9.80 Å². The third-order valence-electron chi connectivity index (χ3n) is 3.11. The van der Waals surface area contributed by atoms with Gasteiger partial charge in [-0.15, -0.1) is 11.6 Å². The molecule has 1 atom stereocenters. The molecule has 1 aliphatic rings. The van der Waals surface area contributed by atoms with Crippen molar-refractivity contribution in [3.63, 3.8) is 0 Å². The maximum Gasteiger partial charge on any atom is 0.222 e. The zero-order valence-corrected chi connectivity index (χ0v) is 10.5. The molecule has 0 saturated carbocycles. The summed E-state index contributed by atoms with van der Waals surface area (Å²) >= 11 is 5.56. The molecular formula is C11H21ClN2O. The molecule has 0 spiro atoms. The fourth-order valence-corrected chi connectivity index (χ4v) is 2.17. The van der Waals surface area contributed by atoms with E-state index < -0.39 is 0 Å². The molecule has 1 saturated heterocycles. The van der Waals surface area contributed by atoms with Crippen molar-refractivity contribution in [1.29, 1.82) is 0 Å². The summed E-state index contributed by atoms with van der Waals surface area (Å²) < 4.78 is 0. The molecule has 15 heavy (non-hydrogen) atoms. The molecule has 0 aromatic heterocycles.